The first kappa shape index (κ1) is 54.4. The van der Waals surface area contributed by atoms with Gasteiger partial charge in [0.2, 0.25) is 34.9 Å². The minimum absolute atomic E-state index is 0.00197. The van der Waals surface area contributed by atoms with Crippen molar-refractivity contribution in [1.82, 2.24) is 35.6 Å². The molecule has 9 rings (SSSR count). The third-order valence-electron chi connectivity index (χ3n) is 13.9. The maximum atomic E-state index is 15.4. The fourth-order valence-electron chi connectivity index (χ4n) is 9.59. The molecule has 6 aliphatic rings. The van der Waals surface area contributed by atoms with E-state index in [1.165, 1.54) is 17.2 Å². The number of halogens is 2. The molecule has 25 heteroatoms. The number of carbonyl (C=O) groups is 6. The van der Waals surface area contributed by atoms with Crippen molar-refractivity contribution in [3.05, 3.63) is 98.8 Å². The fourth-order valence-corrected chi connectivity index (χ4v) is 9.59. The minimum atomic E-state index is -2.23. The van der Waals surface area contributed by atoms with Gasteiger partial charge in [-0.2, -0.15) is 0 Å². The first-order chi connectivity index (χ1) is 36.3. The van der Waals surface area contributed by atoms with E-state index in [0.717, 1.165) is 4.90 Å². The van der Waals surface area contributed by atoms with Gasteiger partial charge in [0.1, 0.15) is 30.0 Å². The van der Waals surface area contributed by atoms with Crippen LogP contribution in [0.1, 0.15) is 70.8 Å². The summed E-state index contributed by atoms with van der Waals surface area (Å²) in [5.41, 5.74) is -1.91. The Kier molecular flexibility index (Phi) is 16.4. The Labute approximate surface area is 432 Å². The smallest absolute Gasteiger partial charge is 0.279 e. The molecule has 6 heterocycles. The van der Waals surface area contributed by atoms with E-state index >= 15 is 8.78 Å². The number of imide groups is 2. The molecule has 0 radical (unpaired) electrons. The SMILES string of the molecule is C\C=C/C=C1/C(=O)N(C2(O)CCC(=O)NC2=O)C/C1=C\NCc1c(O)c(O)c(O)c(CN2CCOCC2)c1F.O=C1CCC(N2Cc3c(OCc4c(O)c(O)c(O)c(CN5CCOCC5)c4F)cccc3C2=O)C(=O)N1. The predicted octanol–water partition coefficient (Wildman–Crippen LogP) is 1.33. The lowest BCUT2D eigenvalue weighted by atomic mass is 10.00. The van der Waals surface area contributed by atoms with Gasteiger partial charge in [-0.05, 0) is 31.6 Å². The van der Waals surface area contributed by atoms with Gasteiger partial charge in [-0.1, -0.05) is 18.2 Å². The average molecular weight is 1060 g/mol. The van der Waals surface area contributed by atoms with Crippen molar-refractivity contribution in [1.29, 1.82) is 0 Å². The number of morpholine rings is 2. The second kappa shape index (κ2) is 23.0. The molecule has 6 amide bonds. The zero-order valence-electron chi connectivity index (χ0n) is 41.2. The van der Waals surface area contributed by atoms with Gasteiger partial charge in [0.15, 0.2) is 23.0 Å². The molecule has 0 aliphatic carbocycles. The van der Waals surface area contributed by atoms with Crippen LogP contribution in [0.15, 0.2) is 53.8 Å². The van der Waals surface area contributed by atoms with E-state index in [1.807, 2.05) is 15.1 Å². The molecule has 6 aliphatic heterocycles. The van der Waals surface area contributed by atoms with Crippen LogP contribution in [0.25, 0.3) is 0 Å². The van der Waals surface area contributed by atoms with Gasteiger partial charge in [-0.25, -0.2) is 8.78 Å². The summed E-state index contributed by atoms with van der Waals surface area (Å²) in [7, 11) is 0. The molecular formula is C51H57F2N7O16. The van der Waals surface area contributed by atoms with E-state index in [0.29, 0.717) is 69.3 Å². The molecule has 406 valence electrons. The zero-order chi connectivity index (χ0) is 54.6. The van der Waals surface area contributed by atoms with Crippen LogP contribution in [-0.2, 0) is 66.2 Å². The summed E-state index contributed by atoms with van der Waals surface area (Å²) in [6, 6.07) is 3.93. The molecule has 0 spiro atoms. The van der Waals surface area contributed by atoms with Gasteiger partial charge >= 0.3 is 0 Å². The van der Waals surface area contributed by atoms with Gasteiger partial charge in [0.05, 0.1) is 50.6 Å². The van der Waals surface area contributed by atoms with E-state index in [4.69, 9.17) is 14.2 Å². The Morgan fingerprint density at radius 1 is 0.750 bits per heavy atom. The number of amides is 6. The normalized spacial score (nSPS) is 22.6. The Morgan fingerprint density at radius 3 is 1.92 bits per heavy atom. The molecular weight excluding hydrogens is 1000 g/mol. The van der Waals surface area contributed by atoms with Crippen LogP contribution in [0.5, 0.6) is 40.2 Å². The van der Waals surface area contributed by atoms with Crippen molar-refractivity contribution < 1.29 is 87.5 Å². The van der Waals surface area contributed by atoms with Gasteiger partial charge in [0, 0.05) is 105 Å². The van der Waals surface area contributed by atoms with Crippen molar-refractivity contribution in [3.63, 3.8) is 0 Å². The number of allylic oxidation sites excluding steroid dienone is 3. The van der Waals surface area contributed by atoms with Crippen LogP contribution < -0.4 is 20.7 Å². The Balaban J connectivity index is 0.000000202. The number of nitrogens with one attached hydrogen (secondary N) is 3. The number of likely N-dealkylation sites (tertiary alicyclic amines) is 1. The summed E-state index contributed by atoms with van der Waals surface area (Å²) >= 11 is 0. The van der Waals surface area contributed by atoms with Gasteiger partial charge in [0.25, 0.3) is 17.7 Å². The maximum absolute atomic E-state index is 15.4. The molecule has 10 N–H and O–H groups in total. The number of hydrogen-bond donors (Lipinski definition) is 10. The number of phenolic OH excluding ortho intramolecular Hbond substituents is 6. The standard InChI is InChI=1S/C26H31FN4O8.C25H26FN3O8/c1-2-3-4-16-15(13-31(24(16)36)26(38)6-5-19(32)29-25(26)37)11-28-12-17-20(27)18(22(34)23(35)21(17)33)14-30-7-9-39-10-8-30;26-20-15(10-28-6-8-36-9-7-28)21(31)23(33)22(32)16(20)12-37-18-3-1-2-13-14(18)11-29(25(13)35)17-4-5-19(30)27-24(17)34/h2-4,11,28,33-35,38H,5-10,12-14H2,1H3,(H,29,32,37);1-3,17,31-33H,4-12H2,(H,27,30,34)/b3-2-,15-11+,16-4+;. The molecule has 3 aromatic carbocycles. The molecule has 2 unspecified atom stereocenters. The van der Waals surface area contributed by atoms with Gasteiger partial charge in [-0.15, -0.1) is 0 Å². The molecule has 5 saturated heterocycles. The lowest BCUT2D eigenvalue weighted by Crippen LogP contribution is -2.63. The Hall–Kier alpha value is -7.84. The number of rotatable bonds is 13. The number of benzene rings is 3. The number of nitrogens with zero attached hydrogens (tertiary/aromatic N) is 4. The summed E-state index contributed by atoms with van der Waals surface area (Å²) in [5.74, 6) is -9.92. The second-order valence-electron chi connectivity index (χ2n) is 18.6. The highest BCUT2D eigenvalue weighted by Gasteiger charge is 2.52. The van der Waals surface area contributed by atoms with E-state index in [9.17, 15) is 64.5 Å². The highest BCUT2D eigenvalue weighted by Crippen LogP contribution is 2.45. The number of carbonyl (C=O) groups excluding carboxylic acids is 6. The lowest BCUT2D eigenvalue weighted by molar-refractivity contribution is -0.177. The molecule has 0 bridgehead atoms. The highest BCUT2D eigenvalue weighted by molar-refractivity contribution is 6.08. The van der Waals surface area contributed by atoms with Crippen LogP contribution in [0.4, 0.5) is 8.78 Å². The number of hydrogen-bond acceptors (Lipinski definition) is 19. The largest absolute Gasteiger partial charge is 0.504 e. The Bertz CT molecular complexity index is 2940. The number of aliphatic hydroxyl groups is 1. The molecule has 0 saturated carbocycles. The van der Waals surface area contributed by atoms with Crippen molar-refractivity contribution >= 4 is 35.4 Å². The van der Waals surface area contributed by atoms with Crippen LogP contribution in [0.3, 0.4) is 0 Å². The monoisotopic (exact) mass is 1060 g/mol. The third kappa shape index (κ3) is 11.0. The van der Waals surface area contributed by atoms with Crippen LogP contribution >= 0.6 is 0 Å². The van der Waals surface area contributed by atoms with Crippen LogP contribution in [0, 0.1) is 11.6 Å². The molecule has 2 atom stereocenters. The number of ether oxygens (including phenoxy) is 3. The second-order valence-corrected chi connectivity index (χ2v) is 18.6. The summed E-state index contributed by atoms with van der Waals surface area (Å²) in [5, 5.41) is 79.9. The number of aromatic hydroxyl groups is 6. The average Bonchev–Trinajstić information content (AvgIpc) is 3.93. The van der Waals surface area contributed by atoms with Gasteiger partial charge in [-0.3, -0.25) is 54.1 Å². The molecule has 23 nitrogen and oxygen atoms in total. The van der Waals surface area contributed by atoms with Crippen LogP contribution in [-0.4, -0.2) is 162 Å². The maximum Gasteiger partial charge on any atom is 0.279 e. The number of piperidine rings is 2. The summed E-state index contributed by atoms with van der Waals surface area (Å²) < 4.78 is 47.2. The van der Waals surface area contributed by atoms with Crippen LogP contribution in [0.2, 0.25) is 0 Å². The van der Waals surface area contributed by atoms with E-state index < -0.39 is 88.1 Å². The quantitative estimate of drug-likeness (QED) is 0.0656. The fraction of sp³-hybridized carbons (Fsp3) is 0.412. The number of fused-ring (bicyclic) bond motifs is 1. The highest BCUT2D eigenvalue weighted by atomic mass is 19.1. The minimum Gasteiger partial charge on any atom is -0.504 e. The van der Waals surface area contributed by atoms with Crippen molar-refractivity contribution in [2.75, 3.05) is 59.2 Å². The summed E-state index contributed by atoms with van der Waals surface area (Å²) in [6.07, 6.45) is 6.07. The van der Waals surface area contributed by atoms with Gasteiger partial charge < -0.3 is 60.2 Å². The lowest BCUT2D eigenvalue weighted by Gasteiger charge is -2.37. The number of phenols is 6. The summed E-state index contributed by atoms with van der Waals surface area (Å²) in [4.78, 5) is 80.0. The van der Waals surface area contributed by atoms with Crippen molar-refractivity contribution in [2.24, 2.45) is 0 Å². The topological polar surface area (TPSA) is 321 Å². The van der Waals surface area contributed by atoms with E-state index in [-0.39, 0.29) is 104 Å². The Morgan fingerprint density at radius 2 is 1.33 bits per heavy atom. The summed E-state index contributed by atoms with van der Waals surface area (Å²) in [6.45, 7) is 4.60. The molecule has 3 aromatic rings. The first-order valence-electron chi connectivity index (χ1n) is 24.4. The predicted molar refractivity (Wildman–Crippen MR) is 259 cm³/mol. The van der Waals surface area contributed by atoms with E-state index in [2.05, 4.69) is 10.6 Å². The van der Waals surface area contributed by atoms with Crippen molar-refractivity contribution in [2.45, 2.75) is 77.2 Å². The molecule has 76 heavy (non-hydrogen) atoms. The zero-order valence-corrected chi connectivity index (χ0v) is 41.2. The first-order valence-corrected chi connectivity index (χ1v) is 24.4. The van der Waals surface area contributed by atoms with Crippen molar-refractivity contribution in [3.8, 4) is 40.2 Å². The van der Waals surface area contributed by atoms with E-state index in [1.54, 1.807) is 37.3 Å². The molecule has 0 aromatic heterocycles. The molecule has 5 fully saturated rings. The third-order valence-corrected chi connectivity index (χ3v) is 13.9.